The number of amides is 1. The molecule has 1 aromatic heterocycles. The first kappa shape index (κ1) is 27.1. The molecule has 0 unspecified atom stereocenters. The van der Waals surface area contributed by atoms with Gasteiger partial charge in [-0.3, -0.25) is 9.69 Å². The van der Waals surface area contributed by atoms with Gasteiger partial charge in [0.2, 0.25) is 0 Å². The number of anilines is 1. The number of benzene rings is 2. The number of hydrogen-bond donors (Lipinski definition) is 0. The molecule has 0 bridgehead atoms. The first-order valence-electron chi connectivity index (χ1n) is 14.5. The first-order chi connectivity index (χ1) is 19.9. The quantitative estimate of drug-likeness (QED) is 0.299. The maximum atomic E-state index is 13.2. The Kier molecular flexibility index (Phi) is 7.32. The van der Waals surface area contributed by atoms with E-state index in [9.17, 15) is 9.59 Å². The predicted octanol–water partition coefficient (Wildman–Crippen LogP) is 6.02. The van der Waals surface area contributed by atoms with Crippen LogP contribution >= 0.6 is 0 Å². The van der Waals surface area contributed by atoms with Gasteiger partial charge >= 0.3 is 12.1 Å². The van der Waals surface area contributed by atoms with Gasteiger partial charge in [0.25, 0.3) is 0 Å². The van der Waals surface area contributed by atoms with E-state index in [1.807, 2.05) is 57.2 Å². The lowest BCUT2D eigenvalue weighted by molar-refractivity contribution is -0.144. The van der Waals surface area contributed by atoms with Gasteiger partial charge in [-0.1, -0.05) is 35.9 Å². The van der Waals surface area contributed by atoms with E-state index in [2.05, 4.69) is 23.1 Å². The highest BCUT2D eigenvalue weighted by atomic mass is 16.6. The van der Waals surface area contributed by atoms with Crippen LogP contribution in [0.15, 0.2) is 54.6 Å². The lowest BCUT2D eigenvalue weighted by atomic mass is 9.97. The summed E-state index contributed by atoms with van der Waals surface area (Å²) in [5.74, 6) is 1.50. The van der Waals surface area contributed by atoms with E-state index in [0.717, 1.165) is 71.0 Å². The number of carbonyl (C=O) groups is 2. The number of rotatable bonds is 9. The molecule has 8 heteroatoms. The van der Waals surface area contributed by atoms with Gasteiger partial charge < -0.3 is 19.1 Å². The van der Waals surface area contributed by atoms with Crippen LogP contribution in [0, 0.1) is 12.8 Å². The number of pyridine rings is 1. The molecule has 8 nitrogen and oxygen atoms in total. The summed E-state index contributed by atoms with van der Waals surface area (Å²) in [6, 6.07) is 18.2. The molecule has 1 aliphatic carbocycles. The monoisotopic (exact) mass is 555 g/mol. The number of aryl methyl sites for hydroxylation is 1. The lowest BCUT2D eigenvalue weighted by Crippen LogP contribution is -2.38. The molecule has 3 heterocycles. The molecule has 3 aromatic rings. The zero-order valence-electron chi connectivity index (χ0n) is 24.1. The van der Waals surface area contributed by atoms with Crippen molar-refractivity contribution in [2.75, 3.05) is 31.7 Å². The molecule has 2 saturated heterocycles. The normalized spacial score (nSPS) is 23.2. The molecule has 6 rings (SSSR count). The SMILES string of the molecule is CCOC(=O)[C@@H]1C[C@H]1c1ccc(OC)c(-c2ccc(N3CCC3)nc2CN2C(=O)O[C@H](c3cccc(C)c3)[C@@H]2C)c1. The van der Waals surface area contributed by atoms with E-state index in [4.69, 9.17) is 19.2 Å². The molecule has 3 fully saturated rings. The maximum absolute atomic E-state index is 13.2. The minimum Gasteiger partial charge on any atom is -0.496 e. The summed E-state index contributed by atoms with van der Waals surface area (Å²) in [4.78, 5) is 34.7. The van der Waals surface area contributed by atoms with Crippen molar-refractivity contribution in [3.05, 3.63) is 77.0 Å². The molecule has 3 aliphatic rings. The van der Waals surface area contributed by atoms with Crippen molar-refractivity contribution >= 4 is 17.9 Å². The number of nitrogens with zero attached hydrogens (tertiary/aromatic N) is 3. The standard InChI is InChI=1S/C33H37N3O5/c1-5-40-32(37)27-18-25(27)22-10-12-29(39-4)26(17-22)24-11-13-30(35-14-7-15-35)34-28(24)19-36-21(3)31(41-33(36)38)23-9-6-8-20(2)16-23/h6,8-13,16-17,21,25,27,31H,5,7,14-15,18-19H2,1-4H3/t21-,25-,27+,31-/m0/s1. The number of carbonyl (C=O) groups excluding carboxylic acids is 2. The summed E-state index contributed by atoms with van der Waals surface area (Å²) in [7, 11) is 1.66. The van der Waals surface area contributed by atoms with Gasteiger partial charge in [-0.05, 0) is 74.9 Å². The van der Waals surface area contributed by atoms with Crippen LogP contribution in [0.25, 0.3) is 11.1 Å². The molecule has 214 valence electrons. The van der Waals surface area contributed by atoms with E-state index in [-0.39, 0.29) is 36.0 Å². The van der Waals surface area contributed by atoms with Crippen LogP contribution in [-0.2, 0) is 20.8 Å². The third kappa shape index (κ3) is 5.23. The second-order valence-electron chi connectivity index (χ2n) is 11.3. The van der Waals surface area contributed by atoms with Crippen molar-refractivity contribution in [3.8, 4) is 16.9 Å². The first-order valence-corrected chi connectivity index (χ1v) is 14.5. The van der Waals surface area contributed by atoms with E-state index < -0.39 is 0 Å². The van der Waals surface area contributed by atoms with Crippen LogP contribution in [0.1, 0.15) is 61.1 Å². The summed E-state index contributed by atoms with van der Waals surface area (Å²) in [6.07, 6.45) is 1.23. The summed E-state index contributed by atoms with van der Waals surface area (Å²) in [6.45, 7) is 8.54. The van der Waals surface area contributed by atoms with Gasteiger partial charge in [0.15, 0.2) is 0 Å². The molecule has 1 saturated carbocycles. The highest BCUT2D eigenvalue weighted by Gasteiger charge is 2.45. The zero-order valence-corrected chi connectivity index (χ0v) is 24.1. The summed E-state index contributed by atoms with van der Waals surface area (Å²) in [5.41, 5.74) is 5.78. The Morgan fingerprint density at radius 3 is 2.61 bits per heavy atom. The van der Waals surface area contributed by atoms with E-state index >= 15 is 0 Å². The highest BCUT2D eigenvalue weighted by Crippen LogP contribution is 2.50. The van der Waals surface area contributed by atoms with Gasteiger partial charge in [0, 0.05) is 24.2 Å². The van der Waals surface area contributed by atoms with Crippen LogP contribution in [0.3, 0.4) is 0 Å². The molecule has 4 atom stereocenters. The summed E-state index contributed by atoms with van der Waals surface area (Å²) in [5, 5.41) is 0. The topological polar surface area (TPSA) is 81.2 Å². The van der Waals surface area contributed by atoms with Gasteiger partial charge in [0.1, 0.15) is 17.7 Å². The van der Waals surface area contributed by atoms with Gasteiger partial charge in [-0.25, -0.2) is 9.78 Å². The highest BCUT2D eigenvalue weighted by molar-refractivity contribution is 5.79. The van der Waals surface area contributed by atoms with E-state index in [1.165, 1.54) is 0 Å². The fourth-order valence-electron chi connectivity index (χ4n) is 5.98. The van der Waals surface area contributed by atoms with Crippen LogP contribution in [-0.4, -0.2) is 54.8 Å². The third-order valence-corrected chi connectivity index (χ3v) is 8.54. The largest absolute Gasteiger partial charge is 0.496 e. The molecule has 0 N–H and O–H groups in total. The number of cyclic esters (lactones) is 1. The Morgan fingerprint density at radius 2 is 1.90 bits per heavy atom. The number of ether oxygens (including phenoxy) is 3. The molecular weight excluding hydrogens is 518 g/mol. The van der Waals surface area contributed by atoms with Crippen molar-refractivity contribution in [2.24, 2.45) is 5.92 Å². The minimum atomic E-state index is -0.350. The van der Waals surface area contributed by atoms with Crippen molar-refractivity contribution in [1.82, 2.24) is 9.88 Å². The van der Waals surface area contributed by atoms with Crippen LogP contribution in [0.4, 0.5) is 10.6 Å². The maximum Gasteiger partial charge on any atom is 0.411 e. The third-order valence-electron chi connectivity index (χ3n) is 8.54. The van der Waals surface area contributed by atoms with Crippen LogP contribution in [0.5, 0.6) is 5.75 Å². The molecule has 1 amide bonds. The molecule has 2 aromatic carbocycles. The van der Waals surface area contributed by atoms with Crippen molar-refractivity contribution < 1.29 is 23.8 Å². The molecule has 41 heavy (non-hydrogen) atoms. The zero-order chi connectivity index (χ0) is 28.7. The Bertz CT molecular complexity index is 1470. The average molecular weight is 556 g/mol. The lowest BCUT2D eigenvalue weighted by Gasteiger charge is -2.33. The van der Waals surface area contributed by atoms with Crippen LogP contribution in [0.2, 0.25) is 0 Å². The molecule has 0 spiro atoms. The smallest absolute Gasteiger partial charge is 0.411 e. The number of aromatic nitrogens is 1. The fraction of sp³-hybridized carbons (Fsp3) is 0.424. The van der Waals surface area contributed by atoms with Crippen molar-refractivity contribution in [2.45, 2.75) is 58.2 Å². The summed E-state index contributed by atoms with van der Waals surface area (Å²) >= 11 is 0. The Hall–Kier alpha value is -4.07. The van der Waals surface area contributed by atoms with Gasteiger partial charge in [-0.2, -0.15) is 0 Å². The van der Waals surface area contributed by atoms with Crippen molar-refractivity contribution in [3.63, 3.8) is 0 Å². The Labute approximate surface area is 241 Å². The van der Waals surface area contributed by atoms with Crippen molar-refractivity contribution in [1.29, 1.82) is 0 Å². The molecule has 2 aliphatic heterocycles. The molecular formula is C33H37N3O5. The minimum absolute atomic E-state index is 0.110. The Balaban J connectivity index is 1.35. The number of hydrogen-bond acceptors (Lipinski definition) is 7. The van der Waals surface area contributed by atoms with Gasteiger partial charge in [-0.15, -0.1) is 0 Å². The van der Waals surface area contributed by atoms with E-state index in [1.54, 1.807) is 12.0 Å². The predicted molar refractivity (Wildman–Crippen MR) is 156 cm³/mol. The van der Waals surface area contributed by atoms with Crippen LogP contribution < -0.4 is 9.64 Å². The van der Waals surface area contributed by atoms with E-state index in [0.29, 0.717) is 13.2 Å². The second kappa shape index (κ2) is 11.1. The molecule has 0 radical (unpaired) electrons. The average Bonchev–Trinajstić information content (AvgIpc) is 3.69. The van der Waals surface area contributed by atoms with Gasteiger partial charge in [0.05, 0.1) is 37.9 Å². The second-order valence-corrected chi connectivity index (χ2v) is 11.3. The Morgan fingerprint density at radius 1 is 1.07 bits per heavy atom. The number of methoxy groups -OCH3 is 1. The summed E-state index contributed by atoms with van der Waals surface area (Å²) < 4.78 is 17.0. The number of esters is 1. The fourth-order valence-corrected chi connectivity index (χ4v) is 5.98.